The fraction of sp³-hybridized carbons (Fsp3) is 0.657. The number of carbonyl (C=O) groups excluding carboxylic acids is 2. The Morgan fingerprint density at radius 3 is 0.986 bits per heavy atom. The van der Waals surface area contributed by atoms with Crippen LogP contribution in [0.5, 0.6) is 0 Å². The lowest BCUT2D eigenvalue weighted by atomic mass is 9.71. The number of hydrogen-bond donors (Lipinski definition) is 0. The van der Waals surface area contributed by atoms with E-state index >= 15 is 0 Å². The molecule has 416 valence electrons. The molecule has 0 radical (unpaired) electrons. The Hall–Kier alpha value is -3.92. The lowest BCUT2D eigenvalue weighted by molar-refractivity contribution is -0.151. The van der Waals surface area contributed by atoms with Crippen LogP contribution in [0.15, 0.2) is 130 Å². The molecule has 0 fully saturated rings. The Labute approximate surface area is 457 Å². The molecule has 2 aliphatic carbocycles. The normalized spacial score (nSPS) is 19.2. The van der Waals surface area contributed by atoms with Gasteiger partial charge >= 0.3 is 11.9 Å². The van der Waals surface area contributed by atoms with Crippen molar-refractivity contribution < 1.29 is 19.1 Å². The van der Waals surface area contributed by atoms with Crippen molar-refractivity contribution in [3.8, 4) is 0 Å². The Morgan fingerprint density at radius 1 is 0.419 bits per heavy atom. The van der Waals surface area contributed by atoms with Gasteiger partial charge in [-0.25, -0.2) is 0 Å². The summed E-state index contributed by atoms with van der Waals surface area (Å²) < 4.78 is 12.1. The first-order valence-electron chi connectivity index (χ1n) is 30.3. The molecule has 2 rings (SSSR count). The van der Waals surface area contributed by atoms with E-state index in [2.05, 4.69) is 168 Å². The molecule has 0 bridgehead atoms. The van der Waals surface area contributed by atoms with E-state index in [-0.39, 0.29) is 35.0 Å². The molecule has 0 N–H and O–H groups in total. The number of hydrogen-bond acceptors (Lipinski definition) is 4. The lowest BCUT2D eigenvalue weighted by Crippen LogP contribution is -2.31. The lowest BCUT2D eigenvalue weighted by Gasteiger charge is -2.37. The fourth-order valence-corrected chi connectivity index (χ4v) is 10.9. The van der Waals surface area contributed by atoms with Crippen molar-refractivity contribution in [2.75, 3.05) is 0 Å². The van der Waals surface area contributed by atoms with E-state index in [0.29, 0.717) is 12.8 Å². The van der Waals surface area contributed by atoms with E-state index in [9.17, 15) is 9.59 Å². The summed E-state index contributed by atoms with van der Waals surface area (Å²) in [5, 5.41) is 0. The van der Waals surface area contributed by atoms with Gasteiger partial charge in [0.25, 0.3) is 0 Å². The predicted octanol–water partition coefficient (Wildman–Crippen LogP) is 21.8. The standard InChI is InChI=1S/C70H112O4/c1-13-15-17-19-21-23-25-26-28-30-32-34-36-48-68(72)74-64-54-62(8)66(70(11,12)56-64)52-50-60(6)46-40-44-58(4)42-38-37-41-57(3)43-39-45-59(5)49-51-65-61(7)53-63(55-69(65,9)10)73-67(71)47-35-33-31-29-27-24-22-20-18-16-14-2/h37-46,49-52,63-64H,13-36,47-48,53-56H2,1-12H3. The highest BCUT2D eigenvalue weighted by Gasteiger charge is 2.35. The maximum absolute atomic E-state index is 12.8. The average molecular weight is 1020 g/mol. The quantitative estimate of drug-likeness (QED) is 0.0351. The van der Waals surface area contributed by atoms with E-state index in [0.717, 1.165) is 51.4 Å². The van der Waals surface area contributed by atoms with E-state index in [4.69, 9.17) is 9.47 Å². The molecular formula is C70H112O4. The second-order valence-electron chi connectivity index (χ2n) is 23.9. The van der Waals surface area contributed by atoms with Crippen LogP contribution in [0.4, 0.5) is 0 Å². The minimum atomic E-state index is -0.0570. The van der Waals surface area contributed by atoms with Gasteiger partial charge < -0.3 is 9.47 Å². The van der Waals surface area contributed by atoms with Gasteiger partial charge in [-0.2, -0.15) is 0 Å². The van der Waals surface area contributed by atoms with Crippen molar-refractivity contribution in [2.45, 2.75) is 288 Å². The summed E-state index contributed by atoms with van der Waals surface area (Å²) in [6.07, 6.45) is 65.7. The van der Waals surface area contributed by atoms with Gasteiger partial charge in [0, 0.05) is 25.7 Å². The average Bonchev–Trinajstić information content (AvgIpc) is 3.32. The van der Waals surface area contributed by atoms with Crippen LogP contribution < -0.4 is 0 Å². The van der Waals surface area contributed by atoms with Gasteiger partial charge in [0.1, 0.15) is 12.2 Å². The molecule has 2 aliphatic rings. The van der Waals surface area contributed by atoms with Crippen LogP contribution in [0.2, 0.25) is 0 Å². The molecule has 0 amide bonds. The number of rotatable bonds is 38. The molecule has 0 aromatic rings. The Kier molecular flexibility index (Phi) is 35.3. The van der Waals surface area contributed by atoms with Crippen molar-refractivity contribution in [1.29, 1.82) is 0 Å². The van der Waals surface area contributed by atoms with Gasteiger partial charge in [0.15, 0.2) is 0 Å². The fourth-order valence-electron chi connectivity index (χ4n) is 10.9. The van der Waals surface area contributed by atoms with Crippen molar-refractivity contribution in [1.82, 2.24) is 0 Å². The van der Waals surface area contributed by atoms with Gasteiger partial charge in [-0.1, -0.05) is 301 Å². The Bertz CT molecular complexity index is 1960. The van der Waals surface area contributed by atoms with Gasteiger partial charge in [0.2, 0.25) is 0 Å². The maximum atomic E-state index is 12.8. The number of esters is 2. The van der Waals surface area contributed by atoms with Gasteiger partial charge in [-0.15, -0.1) is 0 Å². The second kappa shape index (κ2) is 39.5. The summed E-state index contributed by atoms with van der Waals surface area (Å²) in [4.78, 5) is 25.5. The zero-order valence-electron chi connectivity index (χ0n) is 50.1. The molecule has 0 saturated heterocycles. The molecule has 2 unspecified atom stereocenters. The summed E-state index contributed by atoms with van der Waals surface area (Å²) in [6, 6.07) is 0. The molecule has 0 aromatic carbocycles. The summed E-state index contributed by atoms with van der Waals surface area (Å²) >= 11 is 0. The molecular weight excluding hydrogens is 905 g/mol. The molecule has 4 nitrogen and oxygen atoms in total. The highest BCUT2D eigenvalue weighted by Crippen LogP contribution is 2.43. The van der Waals surface area contributed by atoms with Crippen LogP contribution in [0.3, 0.4) is 0 Å². The zero-order chi connectivity index (χ0) is 54.5. The minimum absolute atomic E-state index is 0.0254. The van der Waals surface area contributed by atoms with E-state index in [1.807, 2.05) is 0 Å². The topological polar surface area (TPSA) is 52.6 Å². The van der Waals surface area contributed by atoms with Crippen LogP contribution in [0.25, 0.3) is 0 Å². The number of unbranched alkanes of at least 4 members (excludes halogenated alkanes) is 22. The smallest absolute Gasteiger partial charge is 0.306 e. The van der Waals surface area contributed by atoms with Crippen molar-refractivity contribution in [3.05, 3.63) is 130 Å². The predicted molar refractivity (Wildman–Crippen MR) is 323 cm³/mol. The van der Waals surface area contributed by atoms with Crippen molar-refractivity contribution >= 4 is 11.9 Å². The third-order valence-electron chi connectivity index (χ3n) is 15.3. The van der Waals surface area contributed by atoms with E-state index in [1.54, 1.807) is 0 Å². The highest BCUT2D eigenvalue weighted by molar-refractivity contribution is 5.70. The zero-order valence-corrected chi connectivity index (χ0v) is 50.1. The molecule has 74 heavy (non-hydrogen) atoms. The SMILES string of the molecule is CCCCCCCCCCCCCCCC(=O)OC1CC(C)=C(C=CC(C)=CC=CC(C)=CC=CC=C(C)C=CC=C(C)C=CC2=C(C)CC(OC(=O)CCCCCCCCCCCCC)CC2(C)C)C(C)(C)C1. The minimum Gasteiger partial charge on any atom is -0.462 e. The first-order valence-corrected chi connectivity index (χ1v) is 30.3. The molecule has 0 heterocycles. The molecule has 0 aliphatic heterocycles. The highest BCUT2D eigenvalue weighted by atomic mass is 16.5. The molecule has 2 atom stereocenters. The largest absolute Gasteiger partial charge is 0.462 e. The molecule has 0 spiro atoms. The van der Waals surface area contributed by atoms with E-state index < -0.39 is 0 Å². The molecule has 4 heteroatoms. The first kappa shape index (κ1) is 66.2. The third kappa shape index (κ3) is 31.2. The van der Waals surface area contributed by atoms with Crippen molar-refractivity contribution in [2.24, 2.45) is 10.8 Å². The summed E-state index contributed by atoms with van der Waals surface area (Å²) in [6.45, 7) is 26.6. The van der Waals surface area contributed by atoms with Gasteiger partial charge in [-0.05, 0) is 89.2 Å². The number of carbonyl (C=O) groups is 2. The molecule has 0 saturated carbocycles. The number of ether oxygens (including phenoxy) is 2. The van der Waals surface area contributed by atoms with Crippen LogP contribution in [-0.2, 0) is 19.1 Å². The van der Waals surface area contributed by atoms with Crippen LogP contribution in [-0.4, -0.2) is 24.1 Å². The Balaban J connectivity index is 1.74. The van der Waals surface area contributed by atoms with Crippen LogP contribution >= 0.6 is 0 Å². The van der Waals surface area contributed by atoms with Gasteiger partial charge in [0.05, 0.1) is 0 Å². The van der Waals surface area contributed by atoms with Crippen LogP contribution in [0, 0.1) is 10.8 Å². The van der Waals surface area contributed by atoms with Crippen molar-refractivity contribution in [3.63, 3.8) is 0 Å². The first-order chi connectivity index (χ1) is 35.5. The monoisotopic (exact) mass is 1020 g/mol. The van der Waals surface area contributed by atoms with Crippen LogP contribution in [0.1, 0.15) is 276 Å². The summed E-state index contributed by atoms with van der Waals surface area (Å²) in [5.41, 5.74) is 9.98. The number of allylic oxidation sites excluding steroid dienone is 20. The summed E-state index contributed by atoms with van der Waals surface area (Å²) in [7, 11) is 0. The maximum Gasteiger partial charge on any atom is 0.306 e. The summed E-state index contributed by atoms with van der Waals surface area (Å²) in [5.74, 6) is -0.0526. The van der Waals surface area contributed by atoms with E-state index in [1.165, 1.54) is 173 Å². The van der Waals surface area contributed by atoms with Gasteiger partial charge in [-0.3, -0.25) is 9.59 Å². The second-order valence-corrected chi connectivity index (χ2v) is 23.9. The molecule has 0 aromatic heterocycles. The Morgan fingerprint density at radius 2 is 0.689 bits per heavy atom. The third-order valence-corrected chi connectivity index (χ3v) is 15.3.